The van der Waals surface area contributed by atoms with E-state index in [1.807, 2.05) is 0 Å². The van der Waals surface area contributed by atoms with E-state index in [1.54, 1.807) is 38.6 Å². The number of methoxy groups -OCH3 is 1. The molecule has 0 aliphatic heterocycles. The van der Waals surface area contributed by atoms with Crippen molar-refractivity contribution in [2.75, 3.05) is 14.2 Å². The summed E-state index contributed by atoms with van der Waals surface area (Å²) in [4.78, 5) is 4.27. The molecule has 106 valence electrons. The van der Waals surface area contributed by atoms with Gasteiger partial charge < -0.3 is 10.1 Å². The predicted octanol–water partition coefficient (Wildman–Crippen LogP) is 2.87. The summed E-state index contributed by atoms with van der Waals surface area (Å²) in [5, 5.41) is 3.06. The highest BCUT2D eigenvalue weighted by molar-refractivity contribution is 5.31. The van der Waals surface area contributed by atoms with Crippen molar-refractivity contribution in [1.82, 2.24) is 10.3 Å². The zero-order valence-electron chi connectivity index (χ0n) is 11.4. The van der Waals surface area contributed by atoms with Crippen LogP contribution in [0.4, 0.5) is 8.78 Å². The van der Waals surface area contributed by atoms with E-state index in [1.165, 1.54) is 6.07 Å². The van der Waals surface area contributed by atoms with Crippen LogP contribution in [-0.4, -0.2) is 19.1 Å². The number of nitrogens with zero attached hydrogens (tertiary/aromatic N) is 1. The number of nitrogens with one attached hydrogen (secondary N) is 1. The number of ether oxygens (including phenoxy) is 1. The second-order valence-corrected chi connectivity index (χ2v) is 4.35. The quantitative estimate of drug-likeness (QED) is 0.913. The summed E-state index contributed by atoms with van der Waals surface area (Å²) in [6.45, 7) is 0. The van der Waals surface area contributed by atoms with Gasteiger partial charge >= 0.3 is 0 Å². The van der Waals surface area contributed by atoms with E-state index < -0.39 is 11.6 Å². The Labute approximate surface area is 116 Å². The minimum atomic E-state index is -0.842. The first-order valence-corrected chi connectivity index (χ1v) is 6.26. The molecule has 2 aromatic rings. The SMILES string of the molecule is CNC(Cc1cccc(F)c1F)c1ncccc1OC. The maximum atomic E-state index is 13.7. The lowest BCUT2D eigenvalue weighted by Gasteiger charge is -2.18. The number of likely N-dealkylation sites (N-methyl/N-ethyl adjacent to an activating group) is 1. The molecule has 1 atom stereocenters. The van der Waals surface area contributed by atoms with Crippen molar-refractivity contribution in [3.8, 4) is 5.75 Å². The van der Waals surface area contributed by atoms with Crippen molar-refractivity contribution in [1.29, 1.82) is 0 Å². The molecule has 0 aliphatic rings. The van der Waals surface area contributed by atoms with E-state index in [2.05, 4.69) is 10.3 Å². The molecule has 0 aliphatic carbocycles. The lowest BCUT2D eigenvalue weighted by atomic mass is 10.0. The van der Waals surface area contributed by atoms with Crippen molar-refractivity contribution in [3.63, 3.8) is 0 Å². The Hall–Kier alpha value is -2.01. The monoisotopic (exact) mass is 278 g/mol. The Balaban J connectivity index is 2.31. The van der Waals surface area contributed by atoms with Gasteiger partial charge in [0.05, 0.1) is 18.8 Å². The van der Waals surface area contributed by atoms with Gasteiger partial charge in [0.2, 0.25) is 0 Å². The van der Waals surface area contributed by atoms with E-state index in [0.717, 1.165) is 6.07 Å². The normalized spacial score (nSPS) is 12.2. The standard InChI is InChI=1S/C15H16F2N2O/c1-18-12(15-13(20-2)7-4-8-19-15)9-10-5-3-6-11(16)14(10)17/h3-8,12,18H,9H2,1-2H3. The van der Waals surface area contributed by atoms with Gasteiger partial charge in [-0.3, -0.25) is 4.98 Å². The molecule has 1 unspecified atom stereocenters. The molecule has 0 spiro atoms. The largest absolute Gasteiger partial charge is 0.495 e. The molecule has 3 nitrogen and oxygen atoms in total. The van der Waals surface area contributed by atoms with Crippen LogP contribution in [0.2, 0.25) is 0 Å². The van der Waals surface area contributed by atoms with Gasteiger partial charge in [0.25, 0.3) is 0 Å². The van der Waals surface area contributed by atoms with Crippen molar-refractivity contribution in [2.45, 2.75) is 12.5 Å². The maximum absolute atomic E-state index is 13.7. The van der Waals surface area contributed by atoms with Gasteiger partial charge in [-0.2, -0.15) is 0 Å². The molecule has 5 heteroatoms. The van der Waals surface area contributed by atoms with E-state index in [4.69, 9.17) is 4.74 Å². The van der Waals surface area contributed by atoms with Crippen LogP contribution < -0.4 is 10.1 Å². The molecule has 0 radical (unpaired) electrons. The molecule has 1 N–H and O–H groups in total. The number of rotatable bonds is 5. The molecule has 1 aromatic heterocycles. The fourth-order valence-electron chi connectivity index (χ4n) is 2.10. The lowest BCUT2D eigenvalue weighted by Crippen LogP contribution is -2.21. The van der Waals surface area contributed by atoms with Gasteiger partial charge in [-0.25, -0.2) is 8.78 Å². The molecule has 0 saturated carbocycles. The molecule has 0 saturated heterocycles. The second kappa shape index (κ2) is 6.43. The van der Waals surface area contributed by atoms with E-state index in [0.29, 0.717) is 17.0 Å². The van der Waals surface area contributed by atoms with E-state index in [-0.39, 0.29) is 12.5 Å². The zero-order valence-corrected chi connectivity index (χ0v) is 11.4. The number of pyridine rings is 1. The minimum Gasteiger partial charge on any atom is -0.495 e. The van der Waals surface area contributed by atoms with Crippen molar-refractivity contribution < 1.29 is 13.5 Å². The topological polar surface area (TPSA) is 34.2 Å². The van der Waals surface area contributed by atoms with Crippen LogP contribution in [0, 0.1) is 11.6 Å². The smallest absolute Gasteiger partial charge is 0.162 e. The number of hydrogen-bond acceptors (Lipinski definition) is 3. The summed E-state index contributed by atoms with van der Waals surface area (Å²) < 4.78 is 32.2. The third kappa shape index (κ3) is 2.93. The summed E-state index contributed by atoms with van der Waals surface area (Å²) in [6, 6.07) is 7.46. The Morgan fingerprint density at radius 1 is 1.25 bits per heavy atom. The molecule has 0 bridgehead atoms. The van der Waals surface area contributed by atoms with Gasteiger partial charge in [-0.1, -0.05) is 12.1 Å². The fraction of sp³-hybridized carbons (Fsp3) is 0.267. The molecule has 1 aromatic carbocycles. The first kappa shape index (κ1) is 14.4. The van der Waals surface area contributed by atoms with Gasteiger partial charge in [-0.15, -0.1) is 0 Å². The highest BCUT2D eigenvalue weighted by atomic mass is 19.2. The summed E-state index contributed by atoms with van der Waals surface area (Å²) in [6.07, 6.45) is 1.93. The third-order valence-corrected chi connectivity index (χ3v) is 3.15. The molecular weight excluding hydrogens is 262 g/mol. The number of halogens is 2. The number of benzene rings is 1. The van der Waals surface area contributed by atoms with Crippen LogP contribution in [0.5, 0.6) is 5.75 Å². The Morgan fingerprint density at radius 2 is 2.05 bits per heavy atom. The van der Waals surface area contributed by atoms with Gasteiger partial charge in [-0.05, 0) is 37.2 Å². The van der Waals surface area contributed by atoms with Crippen molar-refractivity contribution in [2.24, 2.45) is 0 Å². The Morgan fingerprint density at radius 3 is 2.75 bits per heavy atom. The van der Waals surface area contributed by atoms with Gasteiger partial charge in [0.1, 0.15) is 5.75 Å². The van der Waals surface area contributed by atoms with E-state index in [9.17, 15) is 8.78 Å². The summed E-state index contributed by atoms with van der Waals surface area (Å²) in [7, 11) is 3.30. The Bertz CT molecular complexity index is 590. The summed E-state index contributed by atoms with van der Waals surface area (Å²) in [5.74, 6) is -1.04. The van der Waals surface area contributed by atoms with E-state index >= 15 is 0 Å². The first-order chi connectivity index (χ1) is 9.67. The molecule has 2 rings (SSSR count). The zero-order chi connectivity index (χ0) is 14.5. The summed E-state index contributed by atoms with van der Waals surface area (Å²) >= 11 is 0. The second-order valence-electron chi connectivity index (χ2n) is 4.35. The van der Waals surface area contributed by atoms with Crippen LogP contribution in [-0.2, 0) is 6.42 Å². The molecular formula is C15H16F2N2O. The van der Waals surface area contributed by atoms with Crippen LogP contribution in [0.15, 0.2) is 36.5 Å². The highest BCUT2D eigenvalue weighted by Crippen LogP contribution is 2.26. The molecule has 0 fully saturated rings. The van der Waals surface area contributed by atoms with Gasteiger partial charge in [0, 0.05) is 6.20 Å². The molecule has 1 heterocycles. The van der Waals surface area contributed by atoms with Crippen molar-refractivity contribution in [3.05, 3.63) is 59.4 Å². The van der Waals surface area contributed by atoms with Crippen molar-refractivity contribution >= 4 is 0 Å². The Kier molecular flexibility index (Phi) is 4.63. The maximum Gasteiger partial charge on any atom is 0.162 e. The highest BCUT2D eigenvalue weighted by Gasteiger charge is 2.19. The average molecular weight is 278 g/mol. The number of aromatic nitrogens is 1. The number of hydrogen-bond donors (Lipinski definition) is 1. The van der Waals surface area contributed by atoms with Crippen LogP contribution >= 0.6 is 0 Å². The average Bonchev–Trinajstić information content (AvgIpc) is 2.49. The molecule has 20 heavy (non-hydrogen) atoms. The van der Waals surface area contributed by atoms with Crippen LogP contribution in [0.3, 0.4) is 0 Å². The summed E-state index contributed by atoms with van der Waals surface area (Å²) in [5.41, 5.74) is 0.971. The fourth-order valence-corrected chi connectivity index (χ4v) is 2.10. The van der Waals surface area contributed by atoms with Crippen LogP contribution in [0.25, 0.3) is 0 Å². The molecule has 0 amide bonds. The predicted molar refractivity (Wildman–Crippen MR) is 72.7 cm³/mol. The van der Waals surface area contributed by atoms with Gasteiger partial charge in [0.15, 0.2) is 11.6 Å². The minimum absolute atomic E-state index is 0.262. The first-order valence-electron chi connectivity index (χ1n) is 6.26. The third-order valence-electron chi connectivity index (χ3n) is 3.15. The lowest BCUT2D eigenvalue weighted by molar-refractivity contribution is 0.395. The van der Waals surface area contributed by atoms with Crippen LogP contribution in [0.1, 0.15) is 17.3 Å².